The highest BCUT2D eigenvalue weighted by Gasteiger charge is 2.17. The van der Waals surface area contributed by atoms with Crippen molar-refractivity contribution in [1.29, 1.82) is 0 Å². The second-order valence-corrected chi connectivity index (χ2v) is 7.34. The summed E-state index contributed by atoms with van der Waals surface area (Å²) < 4.78 is 0. The van der Waals surface area contributed by atoms with E-state index < -0.39 is 0 Å². The molecule has 1 saturated carbocycles. The van der Waals surface area contributed by atoms with Crippen LogP contribution in [0.5, 0.6) is 0 Å². The smallest absolute Gasteiger partial charge is 0.225 e. The standard InChI is InChI=1S/C20H19Cl2N5/c21-14-8-5-9-15(22)19(14)26-18-12-17(16-10-3-4-11-23-16)25-20(27-18)24-13-6-1-2-7-13/h3-5,8-13H,1-2,6-7H2,(H2,24,25,26,27). The molecule has 0 aliphatic heterocycles. The molecule has 0 bridgehead atoms. The van der Waals surface area contributed by atoms with E-state index in [2.05, 4.69) is 25.6 Å². The van der Waals surface area contributed by atoms with E-state index in [9.17, 15) is 0 Å². The van der Waals surface area contributed by atoms with Crippen molar-refractivity contribution in [1.82, 2.24) is 15.0 Å². The normalized spacial score (nSPS) is 14.3. The van der Waals surface area contributed by atoms with Crippen molar-refractivity contribution in [3.8, 4) is 11.4 Å². The van der Waals surface area contributed by atoms with E-state index in [1.54, 1.807) is 18.3 Å². The van der Waals surface area contributed by atoms with Gasteiger partial charge in [0.25, 0.3) is 0 Å². The highest BCUT2D eigenvalue weighted by Crippen LogP contribution is 2.33. The predicted molar refractivity (Wildman–Crippen MR) is 111 cm³/mol. The molecule has 0 atom stereocenters. The minimum absolute atomic E-state index is 0.403. The Balaban J connectivity index is 1.71. The fourth-order valence-corrected chi connectivity index (χ4v) is 3.71. The van der Waals surface area contributed by atoms with Crippen molar-refractivity contribution < 1.29 is 0 Å². The van der Waals surface area contributed by atoms with Gasteiger partial charge in [-0.05, 0) is 37.1 Å². The van der Waals surface area contributed by atoms with Crippen LogP contribution in [0.4, 0.5) is 17.5 Å². The number of rotatable bonds is 5. The quantitative estimate of drug-likeness (QED) is 0.555. The molecular weight excluding hydrogens is 381 g/mol. The van der Waals surface area contributed by atoms with Crippen LogP contribution in [0, 0.1) is 0 Å². The van der Waals surface area contributed by atoms with Crippen LogP contribution in [0.2, 0.25) is 10.0 Å². The van der Waals surface area contributed by atoms with E-state index in [1.807, 2.05) is 30.3 Å². The van der Waals surface area contributed by atoms with Crippen LogP contribution in [0.15, 0.2) is 48.7 Å². The molecule has 1 fully saturated rings. The summed E-state index contributed by atoms with van der Waals surface area (Å²) >= 11 is 12.6. The number of nitrogens with zero attached hydrogens (tertiary/aromatic N) is 3. The van der Waals surface area contributed by atoms with Gasteiger partial charge >= 0.3 is 0 Å². The molecule has 0 saturated heterocycles. The zero-order valence-corrected chi connectivity index (χ0v) is 16.1. The third kappa shape index (κ3) is 4.31. The van der Waals surface area contributed by atoms with Gasteiger partial charge in [0.05, 0.1) is 27.1 Å². The zero-order valence-electron chi connectivity index (χ0n) is 14.6. The molecule has 0 unspecified atom stereocenters. The van der Waals surface area contributed by atoms with Gasteiger partial charge in [-0.15, -0.1) is 0 Å². The zero-order chi connectivity index (χ0) is 18.6. The maximum absolute atomic E-state index is 6.30. The number of halogens is 2. The number of anilines is 3. The lowest BCUT2D eigenvalue weighted by atomic mass is 10.2. The molecule has 138 valence electrons. The molecule has 2 N–H and O–H groups in total. The maximum Gasteiger partial charge on any atom is 0.225 e. The number of para-hydroxylation sites is 1. The Kier molecular flexibility index (Phi) is 5.41. The van der Waals surface area contributed by atoms with Gasteiger partial charge < -0.3 is 10.6 Å². The molecule has 5 nitrogen and oxygen atoms in total. The predicted octanol–water partition coefficient (Wildman–Crippen LogP) is 5.94. The summed E-state index contributed by atoms with van der Waals surface area (Å²) in [6.45, 7) is 0. The molecule has 3 aromatic rings. The third-order valence-corrected chi connectivity index (χ3v) is 5.19. The molecule has 1 aliphatic carbocycles. The third-order valence-electron chi connectivity index (χ3n) is 4.56. The largest absolute Gasteiger partial charge is 0.351 e. The van der Waals surface area contributed by atoms with Gasteiger partial charge in [-0.2, -0.15) is 4.98 Å². The average Bonchev–Trinajstić information content (AvgIpc) is 3.18. The monoisotopic (exact) mass is 399 g/mol. The summed E-state index contributed by atoms with van der Waals surface area (Å²) in [4.78, 5) is 13.7. The molecule has 27 heavy (non-hydrogen) atoms. The van der Waals surface area contributed by atoms with Crippen molar-refractivity contribution in [3.05, 3.63) is 58.7 Å². The molecule has 1 aliphatic rings. The van der Waals surface area contributed by atoms with Crippen LogP contribution in [0.1, 0.15) is 25.7 Å². The number of hydrogen-bond acceptors (Lipinski definition) is 5. The number of benzene rings is 1. The topological polar surface area (TPSA) is 62.7 Å². The van der Waals surface area contributed by atoms with Crippen molar-refractivity contribution in [2.24, 2.45) is 0 Å². The second kappa shape index (κ2) is 8.11. The molecule has 7 heteroatoms. The summed E-state index contributed by atoms with van der Waals surface area (Å²) in [7, 11) is 0. The van der Waals surface area contributed by atoms with Crippen LogP contribution >= 0.6 is 23.2 Å². The summed E-state index contributed by atoms with van der Waals surface area (Å²) in [5.41, 5.74) is 2.14. The van der Waals surface area contributed by atoms with Crippen molar-refractivity contribution in [3.63, 3.8) is 0 Å². The first-order valence-electron chi connectivity index (χ1n) is 8.97. The SMILES string of the molecule is Clc1cccc(Cl)c1Nc1cc(-c2ccccn2)nc(NC2CCCC2)n1. The molecule has 0 radical (unpaired) electrons. The number of aromatic nitrogens is 3. The number of nitrogens with one attached hydrogen (secondary N) is 2. The van der Waals surface area contributed by atoms with E-state index in [1.165, 1.54) is 12.8 Å². The van der Waals surface area contributed by atoms with Crippen molar-refractivity contribution in [2.45, 2.75) is 31.7 Å². The van der Waals surface area contributed by atoms with Gasteiger partial charge in [-0.25, -0.2) is 4.98 Å². The lowest BCUT2D eigenvalue weighted by molar-refractivity contribution is 0.744. The van der Waals surface area contributed by atoms with E-state index in [0.717, 1.165) is 24.2 Å². The van der Waals surface area contributed by atoms with Crippen LogP contribution in [-0.4, -0.2) is 21.0 Å². The Morgan fingerprint density at radius 3 is 2.37 bits per heavy atom. The lowest BCUT2D eigenvalue weighted by Crippen LogP contribution is -2.17. The minimum atomic E-state index is 0.403. The Labute approximate surface area is 168 Å². The fourth-order valence-electron chi connectivity index (χ4n) is 3.22. The van der Waals surface area contributed by atoms with Gasteiger partial charge in [0.1, 0.15) is 5.82 Å². The number of pyridine rings is 1. The Bertz CT molecular complexity index is 907. The number of hydrogen-bond donors (Lipinski definition) is 2. The molecule has 0 amide bonds. The van der Waals surface area contributed by atoms with E-state index >= 15 is 0 Å². The maximum atomic E-state index is 6.30. The van der Waals surface area contributed by atoms with Crippen molar-refractivity contribution in [2.75, 3.05) is 10.6 Å². The fraction of sp³-hybridized carbons (Fsp3) is 0.250. The average molecular weight is 400 g/mol. The van der Waals surface area contributed by atoms with Crippen LogP contribution < -0.4 is 10.6 Å². The van der Waals surface area contributed by atoms with Crippen LogP contribution in [0.25, 0.3) is 11.4 Å². The van der Waals surface area contributed by atoms with Crippen molar-refractivity contribution >= 4 is 40.7 Å². The first-order chi connectivity index (χ1) is 13.2. The molecule has 1 aromatic carbocycles. The highest BCUT2D eigenvalue weighted by molar-refractivity contribution is 6.39. The molecule has 4 rings (SSSR count). The molecule has 2 heterocycles. The minimum Gasteiger partial charge on any atom is -0.351 e. The summed E-state index contributed by atoms with van der Waals surface area (Å²) in [6, 6.07) is 13.4. The van der Waals surface area contributed by atoms with Gasteiger partial charge in [0, 0.05) is 18.3 Å². The molecular formula is C20H19Cl2N5. The Hall–Kier alpha value is -2.37. The Morgan fingerprint density at radius 2 is 1.67 bits per heavy atom. The summed E-state index contributed by atoms with van der Waals surface area (Å²) in [5.74, 6) is 1.19. The van der Waals surface area contributed by atoms with Gasteiger partial charge in [-0.1, -0.05) is 48.2 Å². The second-order valence-electron chi connectivity index (χ2n) is 6.52. The first kappa shape index (κ1) is 18.0. The van der Waals surface area contributed by atoms with Gasteiger partial charge in [0.2, 0.25) is 5.95 Å². The van der Waals surface area contributed by atoms with Gasteiger partial charge in [-0.3, -0.25) is 4.98 Å². The molecule has 2 aromatic heterocycles. The lowest BCUT2D eigenvalue weighted by Gasteiger charge is -2.15. The van der Waals surface area contributed by atoms with Crippen LogP contribution in [-0.2, 0) is 0 Å². The van der Waals surface area contributed by atoms with E-state index in [4.69, 9.17) is 23.2 Å². The molecule has 0 spiro atoms. The first-order valence-corrected chi connectivity index (χ1v) is 9.73. The summed E-state index contributed by atoms with van der Waals surface area (Å²) in [6.07, 6.45) is 6.49. The summed E-state index contributed by atoms with van der Waals surface area (Å²) in [5, 5.41) is 7.75. The van der Waals surface area contributed by atoms with E-state index in [-0.39, 0.29) is 0 Å². The van der Waals surface area contributed by atoms with Gasteiger partial charge in [0.15, 0.2) is 0 Å². The van der Waals surface area contributed by atoms with Crippen LogP contribution in [0.3, 0.4) is 0 Å². The Morgan fingerprint density at radius 1 is 0.889 bits per heavy atom. The van der Waals surface area contributed by atoms with E-state index in [0.29, 0.717) is 33.5 Å². The highest BCUT2D eigenvalue weighted by atomic mass is 35.5.